The maximum atomic E-state index is 12.5. The van der Waals surface area contributed by atoms with Crippen molar-refractivity contribution in [1.82, 2.24) is 9.97 Å². The Bertz CT molecular complexity index is 806. The van der Waals surface area contributed by atoms with Gasteiger partial charge in [0.1, 0.15) is 11.6 Å². The minimum absolute atomic E-state index is 0.186. The van der Waals surface area contributed by atoms with Crippen molar-refractivity contribution in [2.75, 3.05) is 16.8 Å². The standard InChI is InChI=1S/C19H21F3N4O/c20-19(21,22)27-16-6-5-13-8-10-26(12-14(13)11-16)17-7-9-23-18(25-17)24-15-3-1-2-4-15/h5-7,9,11,15H,1-4,8,10,12H2,(H,23,24,25). The van der Waals surface area contributed by atoms with E-state index in [0.29, 0.717) is 18.5 Å². The Kier molecular flexibility index (Phi) is 4.80. The number of fused-ring (bicyclic) bond motifs is 1. The average molecular weight is 378 g/mol. The van der Waals surface area contributed by atoms with E-state index in [4.69, 9.17) is 0 Å². The molecule has 2 heterocycles. The molecule has 0 saturated heterocycles. The van der Waals surface area contributed by atoms with Crippen molar-refractivity contribution >= 4 is 11.8 Å². The summed E-state index contributed by atoms with van der Waals surface area (Å²) in [7, 11) is 0. The molecule has 0 radical (unpaired) electrons. The predicted molar refractivity (Wildman–Crippen MR) is 95.8 cm³/mol. The van der Waals surface area contributed by atoms with Gasteiger partial charge in [-0.15, -0.1) is 13.2 Å². The number of nitrogens with one attached hydrogen (secondary N) is 1. The van der Waals surface area contributed by atoms with Crippen molar-refractivity contribution in [2.24, 2.45) is 0 Å². The second-order valence-corrected chi connectivity index (χ2v) is 7.01. The first kappa shape index (κ1) is 17.9. The van der Waals surface area contributed by atoms with E-state index in [0.717, 1.165) is 42.8 Å². The summed E-state index contributed by atoms with van der Waals surface area (Å²) in [4.78, 5) is 11.0. The Labute approximate surface area is 155 Å². The zero-order valence-corrected chi connectivity index (χ0v) is 14.8. The molecule has 1 N–H and O–H groups in total. The monoisotopic (exact) mass is 378 g/mol. The van der Waals surface area contributed by atoms with Crippen molar-refractivity contribution in [3.05, 3.63) is 41.6 Å². The maximum Gasteiger partial charge on any atom is 0.573 e. The van der Waals surface area contributed by atoms with Gasteiger partial charge in [0, 0.05) is 25.3 Å². The molecule has 8 heteroatoms. The highest BCUT2D eigenvalue weighted by atomic mass is 19.4. The summed E-state index contributed by atoms with van der Waals surface area (Å²) in [5, 5.41) is 3.38. The molecule has 27 heavy (non-hydrogen) atoms. The molecular formula is C19H21F3N4O. The first-order valence-corrected chi connectivity index (χ1v) is 9.18. The van der Waals surface area contributed by atoms with E-state index in [1.54, 1.807) is 12.3 Å². The lowest BCUT2D eigenvalue weighted by Gasteiger charge is -2.30. The topological polar surface area (TPSA) is 50.3 Å². The average Bonchev–Trinajstić information content (AvgIpc) is 3.13. The quantitative estimate of drug-likeness (QED) is 0.860. The number of anilines is 2. The van der Waals surface area contributed by atoms with E-state index < -0.39 is 6.36 Å². The highest BCUT2D eigenvalue weighted by Gasteiger charge is 2.31. The van der Waals surface area contributed by atoms with Crippen LogP contribution in [0.25, 0.3) is 0 Å². The SMILES string of the molecule is FC(F)(F)Oc1ccc2c(c1)CN(c1ccnc(NC3CCCC3)n1)CC2. The summed E-state index contributed by atoms with van der Waals surface area (Å²) in [6, 6.07) is 6.80. The molecule has 0 spiro atoms. The van der Waals surface area contributed by atoms with E-state index in [-0.39, 0.29) is 5.75 Å². The molecule has 144 valence electrons. The van der Waals surface area contributed by atoms with Crippen LogP contribution in [0.4, 0.5) is 24.9 Å². The molecule has 0 atom stereocenters. The van der Waals surface area contributed by atoms with Gasteiger partial charge >= 0.3 is 6.36 Å². The van der Waals surface area contributed by atoms with Gasteiger partial charge in [-0.25, -0.2) is 4.98 Å². The Morgan fingerprint density at radius 3 is 2.70 bits per heavy atom. The van der Waals surface area contributed by atoms with Crippen LogP contribution in [-0.4, -0.2) is 28.9 Å². The van der Waals surface area contributed by atoms with Gasteiger partial charge in [0.05, 0.1) is 0 Å². The molecule has 0 amide bonds. The van der Waals surface area contributed by atoms with Crippen LogP contribution >= 0.6 is 0 Å². The second kappa shape index (κ2) is 7.25. The van der Waals surface area contributed by atoms with Gasteiger partial charge in [-0.1, -0.05) is 18.9 Å². The third-order valence-corrected chi connectivity index (χ3v) is 5.08. The molecule has 4 rings (SSSR count). The van der Waals surface area contributed by atoms with Crippen molar-refractivity contribution in [1.29, 1.82) is 0 Å². The van der Waals surface area contributed by atoms with Crippen molar-refractivity contribution < 1.29 is 17.9 Å². The molecule has 5 nitrogen and oxygen atoms in total. The lowest BCUT2D eigenvalue weighted by atomic mass is 9.99. The zero-order valence-electron chi connectivity index (χ0n) is 14.8. The summed E-state index contributed by atoms with van der Waals surface area (Å²) in [6.45, 7) is 1.25. The fourth-order valence-corrected chi connectivity index (χ4v) is 3.77. The highest BCUT2D eigenvalue weighted by Crippen LogP contribution is 2.30. The van der Waals surface area contributed by atoms with Gasteiger partial charge in [-0.05, 0) is 48.6 Å². The normalized spacial score (nSPS) is 17.7. The molecule has 2 aliphatic rings. The van der Waals surface area contributed by atoms with Crippen molar-refractivity contribution in [3.8, 4) is 5.75 Å². The number of ether oxygens (including phenoxy) is 1. The molecule has 1 aromatic carbocycles. The highest BCUT2D eigenvalue weighted by molar-refractivity contribution is 5.48. The molecule has 1 aliphatic heterocycles. The molecule has 1 fully saturated rings. The molecular weight excluding hydrogens is 357 g/mol. The number of benzene rings is 1. The summed E-state index contributed by atoms with van der Waals surface area (Å²) < 4.78 is 41.5. The van der Waals surface area contributed by atoms with E-state index in [9.17, 15) is 13.2 Å². The third kappa shape index (κ3) is 4.43. The number of halogens is 3. The summed E-state index contributed by atoms with van der Waals surface area (Å²) >= 11 is 0. The van der Waals surface area contributed by atoms with Crippen LogP contribution < -0.4 is 15.0 Å². The molecule has 1 saturated carbocycles. The first-order chi connectivity index (χ1) is 13.0. The lowest BCUT2D eigenvalue weighted by Crippen LogP contribution is -2.31. The number of nitrogens with zero attached hydrogens (tertiary/aromatic N) is 3. The number of alkyl halides is 3. The Hall–Kier alpha value is -2.51. The molecule has 0 bridgehead atoms. The van der Waals surface area contributed by atoms with Crippen LogP contribution in [0.1, 0.15) is 36.8 Å². The van der Waals surface area contributed by atoms with Crippen molar-refractivity contribution in [2.45, 2.75) is 51.1 Å². The molecule has 1 aromatic heterocycles. The van der Waals surface area contributed by atoms with E-state index in [2.05, 4.69) is 24.9 Å². The minimum Gasteiger partial charge on any atom is -0.406 e. The number of rotatable bonds is 4. The van der Waals surface area contributed by atoms with Gasteiger partial charge in [-0.3, -0.25) is 0 Å². The van der Waals surface area contributed by atoms with Crippen LogP contribution in [0.15, 0.2) is 30.5 Å². The molecule has 1 aliphatic carbocycles. The van der Waals surface area contributed by atoms with Gasteiger partial charge in [-0.2, -0.15) is 4.98 Å². The predicted octanol–water partition coefficient (Wildman–Crippen LogP) is 4.29. The molecule has 2 aromatic rings. The first-order valence-electron chi connectivity index (χ1n) is 9.18. The van der Waals surface area contributed by atoms with Crippen LogP contribution in [0, 0.1) is 0 Å². The minimum atomic E-state index is -4.68. The zero-order chi connectivity index (χ0) is 18.9. The number of aromatic nitrogens is 2. The summed E-state index contributed by atoms with van der Waals surface area (Å²) in [6.07, 6.45) is 2.50. The fraction of sp³-hybridized carbons (Fsp3) is 0.474. The smallest absolute Gasteiger partial charge is 0.406 e. The summed E-state index contributed by atoms with van der Waals surface area (Å²) in [5.41, 5.74) is 1.87. The van der Waals surface area contributed by atoms with E-state index >= 15 is 0 Å². The third-order valence-electron chi connectivity index (χ3n) is 5.08. The van der Waals surface area contributed by atoms with Crippen LogP contribution in [0.5, 0.6) is 5.75 Å². The molecule has 0 unspecified atom stereocenters. The van der Waals surface area contributed by atoms with Crippen LogP contribution in [0.3, 0.4) is 0 Å². The van der Waals surface area contributed by atoms with Gasteiger partial charge in [0.2, 0.25) is 5.95 Å². The Balaban J connectivity index is 1.49. The van der Waals surface area contributed by atoms with Gasteiger partial charge in [0.15, 0.2) is 0 Å². The lowest BCUT2D eigenvalue weighted by molar-refractivity contribution is -0.274. The van der Waals surface area contributed by atoms with Crippen molar-refractivity contribution in [3.63, 3.8) is 0 Å². The fourth-order valence-electron chi connectivity index (χ4n) is 3.77. The largest absolute Gasteiger partial charge is 0.573 e. The summed E-state index contributed by atoms with van der Waals surface area (Å²) in [5.74, 6) is 1.20. The number of hydrogen-bond acceptors (Lipinski definition) is 5. The number of hydrogen-bond donors (Lipinski definition) is 1. The second-order valence-electron chi connectivity index (χ2n) is 7.01. The van der Waals surface area contributed by atoms with E-state index in [1.165, 1.54) is 25.0 Å². The maximum absolute atomic E-state index is 12.5. The van der Waals surface area contributed by atoms with Crippen LogP contribution in [0.2, 0.25) is 0 Å². The van der Waals surface area contributed by atoms with E-state index in [1.807, 2.05) is 6.07 Å². The Morgan fingerprint density at radius 1 is 1.11 bits per heavy atom. The Morgan fingerprint density at radius 2 is 1.93 bits per heavy atom. The van der Waals surface area contributed by atoms with Gasteiger partial charge in [0.25, 0.3) is 0 Å². The van der Waals surface area contributed by atoms with Gasteiger partial charge < -0.3 is 15.0 Å². The van der Waals surface area contributed by atoms with Crippen LogP contribution in [-0.2, 0) is 13.0 Å².